The largest absolute Gasteiger partial charge is 0.481 e. The van der Waals surface area contributed by atoms with Crippen molar-refractivity contribution in [3.8, 4) is 9.75 Å². The van der Waals surface area contributed by atoms with Gasteiger partial charge in [-0.15, -0.1) is 22.7 Å². The first-order chi connectivity index (χ1) is 15.6. The lowest BCUT2D eigenvalue weighted by molar-refractivity contribution is -0.137. The average Bonchev–Trinajstić information content (AvgIpc) is 3.43. The number of nitrogens with two attached hydrogens (primary N) is 1. The van der Waals surface area contributed by atoms with Crippen LogP contribution in [0.2, 0.25) is 5.02 Å². The van der Waals surface area contributed by atoms with Crippen LogP contribution in [-0.2, 0) is 16.0 Å². The second-order valence-corrected chi connectivity index (χ2v) is 10.8. The SMILES string of the molecule is CC(C)(Cc1ccc(Cl)cc1)N(C(=O)c1ccc(-c2cccs2)s1)[C@@H](CCC(=O)O)C(N)=O. The van der Waals surface area contributed by atoms with E-state index in [0.717, 1.165) is 15.3 Å². The number of carboxylic acid groups (broad SMARTS) is 1. The molecule has 2 amide bonds. The van der Waals surface area contributed by atoms with Gasteiger partial charge in [0, 0.05) is 26.7 Å². The highest BCUT2D eigenvalue weighted by molar-refractivity contribution is 7.22. The molecule has 0 aliphatic heterocycles. The molecule has 3 N–H and O–H groups in total. The number of carbonyl (C=O) groups excluding carboxylic acids is 2. The van der Waals surface area contributed by atoms with Gasteiger partial charge in [-0.3, -0.25) is 14.4 Å². The minimum atomic E-state index is -1.07. The van der Waals surface area contributed by atoms with Crippen molar-refractivity contribution in [2.45, 2.75) is 44.7 Å². The minimum Gasteiger partial charge on any atom is -0.481 e. The van der Waals surface area contributed by atoms with Gasteiger partial charge in [0.15, 0.2) is 0 Å². The second kappa shape index (κ2) is 10.5. The third-order valence-electron chi connectivity index (χ3n) is 5.27. The fraction of sp³-hybridized carbons (Fsp3) is 0.292. The third-order valence-corrected chi connectivity index (χ3v) is 7.66. The number of halogens is 1. The van der Waals surface area contributed by atoms with Crippen molar-refractivity contribution in [1.29, 1.82) is 0 Å². The predicted molar refractivity (Wildman–Crippen MR) is 133 cm³/mol. The van der Waals surface area contributed by atoms with E-state index in [0.29, 0.717) is 16.3 Å². The number of hydrogen-bond acceptors (Lipinski definition) is 5. The normalized spacial score (nSPS) is 12.3. The highest BCUT2D eigenvalue weighted by Gasteiger charge is 2.40. The summed E-state index contributed by atoms with van der Waals surface area (Å²) in [5.41, 5.74) is 5.78. The Morgan fingerprint density at radius 3 is 2.36 bits per heavy atom. The number of amides is 2. The molecule has 0 saturated heterocycles. The van der Waals surface area contributed by atoms with Gasteiger partial charge in [0.05, 0.1) is 4.88 Å². The van der Waals surface area contributed by atoms with Gasteiger partial charge in [-0.05, 0) is 68.0 Å². The quantitative estimate of drug-likeness (QED) is 0.390. The third kappa shape index (κ3) is 6.22. The molecule has 0 aliphatic carbocycles. The molecule has 0 spiro atoms. The number of aliphatic carboxylic acids is 1. The van der Waals surface area contributed by atoms with Crippen LogP contribution in [0.4, 0.5) is 0 Å². The minimum absolute atomic E-state index is 0.0659. The van der Waals surface area contributed by atoms with Gasteiger partial charge in [0.1, 0.15) is 6.04 Å². The maximum absolute atomic E-state index is 13.8. The maximum atomic E-state index is 13.8. The van der Waals surface area contributed by atoms with Gasteiger partial charge < -0.3 is 15.7 Å². The Labute approximate surface area is 205 Å². The van der Waals surface area contributed by atoms with Crippen LogP contribution in [0.25, 0.3) is 9.75 Å². The summed E-state index contributed by atoms with van der Waals surface area (Å²) < 4.78 is 0. The fourth-order valence-corrected chi connectivity index (χ4v) is 5.71. The van der Waals surface area contributed by atoms with E-state index in [1.54, 1.807) is 29.5 Å². The molecular formula is C24H25ClN2O4S2. The summed E-state index contributed by atoms with van der Waals surface area (Å²) in [6.07, 6.45) is 0.0822. The van der Waals surface area contributed by atoms with E-state index in [-0.39, 0.29) is 18.7 Å². The first kappa shape index (κ1) is 25.0. The van der Waals surface area contributed by atoms with Gasteiger partial charge in [-0.1, -0.05) is 29.8 Å². The lowest BCUT2D eigenvalue weighted by Gasteiger charge is -2.42. The number of primary amides is 1. The molecule has 1 aromatic carbocycles. The summed E-state index contributed by atoms with van der Waals surface area (Å²) in [5.74, 6) is -2.14. The lowest BCUT2D eigenvalue weighted by atomic mass is 9.90. The molecule has 33 heavy (non-hydrogen) atoms. The topological polar surface area (TPSA) is 101 Å². The molecule has 3 aromatic rings. The molecule has 0 radical (unpaired) electrons. The van der Waals surface area contributed by atoms with Gasteiger partial charge in [0.2, 0.25) is 5.91 Å². The molecule has 174 valence electrons. The number of thiophene rings is 2. The summed E-state index contributed by atoms with van der Waals surface area (Å²) in [4.78, 5) is 41.4. The number of carbonyl (C=O) groups is 3. The predicted octanol–water partition coefficient (Wildman–Crippen LogP) is 5.31. The van der Waals surface area contributed by atoms with Gasteiger partial charge in [-0.25, -0.2) is 0 Å². The van der Waals surface area contributed by atoms with Crippen molar-refractivity contribution in [2.75, 3.05) is 0 Å². The summed E-state index contributed by atoms with van der Waals surface area (Å²) >= 11 is 8.92. The molecule has 0 fully saturated rings. The standard InChI is InChI=1S/C24H25ClN2O4S2/c1-24(2,14-15-5-7-16(25)8-6-15)27(17(22(26)30)9-12-21(28)29)23(31)20-11-10-19(33-20)18-4-3-13-32-18/h3-8,10-11,13,17H,9,12,14H2,1-2H3,(H2,26,30)(H,28,29)/t17-/m0/s1. The van der Waals surface area contributed by atoms with Crippen molar-refractivity contribution in [3.63, 3.8) is 0 Å². The zero-order valence-corrected chi connectivity index (χ0v) is 20.7. The zero-order valence-electron chi connectivity index (χ0n) is 18.3. The molecule has 0 aliphatic rings. The van der Waals surface area contributed by atoms with Crippen LogP contribution in [0.3, 0.4) is 0 Å². The van der Waals surface area contributed by atoms with Gasteiger partial charge in [-0.2, -0.15) is 0 Å². The van der Waals surface area contributed by atoms with Crippen LogP contribution in [-0.4, -0.2) is 39.4 Å². The molecule has 0 saturated carbocycles. The fourth-order valence-electron chi connectivity index (χ4n) is 3.81. The van der Waals surface area contributed by atoms with E-state index in [1.807, 2.05) is 49.6 Å². The van der Waals surface area contributed by atoms with Crippen LogP contribution in [0.5, 0.6) is 0 Å². The number of rotatable bonds is 10. The van der Waals surface area contributed by atoms with E-state index < -0.39 is 23.5 Å². The Morgan fingerprint density at radius 1 is 1.09 bits per heavy atom. The molecular weight excluding hydrogens is 480 g/mol. The molecule has 2 aromatic heterocycles. The van der Waals surface area contributed by atoms with Crippen LogP contribution >= 0.6 is 34.3 Å². The second-order valence-electron chi connectivity index (χ2n) is 8.28. The monoisotopic (exact) mass is 504 g/mol. The van der Waals surface area contributed by atoms with Crippen LogP contribution < -0.4 is 5.73 Å². The maximum Gasteiger partial charge on any atom is 0.303 e. The van der Waals surface area contributed by atoms with Crippen molar-refractivity contribution in [3.05, 3.63) is 69.4 Å². The van der Waals surface area contributed by atoms with E-state index in [4.69, 9.17) is 17.3 Å². The lowest BCUT2D eigenvalue weighted by Crippen LogP contribution is -2.58. The Morgan fingerprint density at radius 2 is 1.79 bits per heavy atom. The average molecular weight is 505 g/mol. The van der Waals surface area contributed by atoms with Crippen molar-refractivity contribution in [2.24, 2.45) is 5.73 Å². The zero-order chi connectivity index (χ0) is 24.2. The van der Waals surface area contributed by atoms with E-state index in [1.165, 1.54) is 16.2 Å². The Balaban J connectivity index is 1.99. The molecule has 0 bridgehead atoms. The van der Waals surface area contributed by atoms with E-state index >= 15 is 0 Å². The highest BCUT2D eigenvalue weighted by Crippen LogP contribution is 2.34. The number of hydrogen-bond donors (Lipinski definition) is 2. The smallest absolute Gasteiger partial charge is 0.303 e. The van der Waals surface area contributed by atoms with Gasteiger partial charge in [0.25, 0.3) is 5.91 Å². The summed E-state index contributed by atoms with van der Waals surface area (Å²) in [6.45, 7) is 3.70. The summed E-state index contributed by atoms with van der Waals surface area (Å²) in [5, 5.41) is 11.8. The molecule has 6 nitrogen and oxygen atoms in total. The van der Waals surface area contributed by atoms with Crippen LogP contribution in [0.1, 0.15) is 41.9 Å². The van der Waals surface area contributed by atoms with Gasteiger partial charge >= 0.3 is 5.97 Å². The van der Waals surface area contributed by atoms with E-state index in [9.17, 15) is 19.5 Å². The molecule has 0 unspecified atom stereocenters. The van der Waals surface area contributed by atoms with E-state index in [2.05, 4.69) is 0 Å². The van der Waals surface area contributed by atoms with Crippen LogP contribution in [0, 0.1) is 0 Å². The van der Waals surface area contributed by atoms with Crippen molar-refractivity contribution in [1.82, 2.24) is 4.90 Å². The van der Waals surface area contributed by atoms with Crippen LogP contribution in [0.15, 0.2) is 53.9 Å². The summed E-state index contributed by atoms with van der Waals surface area (Å²) in [7, 11) is 0. The Hall–Kier alpha value is -2.68. The van der Waals surface area contributed by atoms with Crippen molar-refractivity contribution >= 4 is 52.1 Å². The van der Waals surface area contributed by atoms with Crippen molar-refractivity contribution < 1.29 is 19.5 Å². The first-order valence-electron chi connectivity index (χ1n) is 10.3. The molecule has 9 heteroatoms. The summed E-state index contributed by atoms with van der Waals surface area (Å²) in [6, 6.07) is 13.7. The number of benzene rings is 1. The highest BCUT2D eigenvalue weighted by atomic mass is 35.5. The Kier molecular flexibility index (Phi) is 7.94. The molecule has 2 heterocycles. The number of carboxylic acids is 1. The Bertz CT molecular complexity index is 1120. The molecule has 3 rings (SSSR count). The number of nitrogens with zero attached hydrogens (tertiary/aromatic N) is 1. The molecule has 1 atom stereocenters. The first-order valence-corrected chi connectivity index (χ1v) is 12.4.